The lowest BCUT2D eigenvalue weighted by Gasteiger charge is -2.36. The first-order valence-corrected chi connectivity index (χ1v) is 14.9. The summed E-state index contributed by atoms with van der Waals surface area (Å²) in [4.78, 5) is 44.0. The molecular formula is C33H43N3O5. The Morgan fingerprint density at radius 3 is 2.51 bits per heavy atom. The topological polar surface area (TPSA) is 108 Å². The number of aliphatic hydroxyl groups is 1. The summed E-state index contributed by atoms with van der Waals surface area (Å²) >= 11 is 0. The van der Waals surface area contributed by atoms with Crippen molar-refractivity contribution in [2.24, 2.45) is 17.8 Å². The zero-order valence-corrected chi connectivity index (χ0v) is 24.6. The maximum Gasteiger partial charge on any atom is 0.250 e. The molecule has 2 bridgehead atoms. The summed E-state index contributed by atoms with van der Waals surface area (Å²) in [6.45, 7) is 8.82. The first kappa shape index (κ1) is 29.3. The predicted molar refractivity (Wildman–Crippen MR) is 157 cm³/mol. The summed E-state index contributed by atoms with van der Waals surface area (Å²) < 4.78 is 6.82. The third-order valence-electron chi connectivity index (χ3n) is 9.61. The van der Waals surface area contributed by atoms with Crippen LogP contribution in [0.25, 0.3) is 0 Å². The van der Waals surface area contributed by atoms with Gasteiger partial charge in [-0.15, -0.1) is 0 Å². The molecule has 3 fully saturated rings. The number of ether oxygens (including phenoxy) is 1. The van der Waals surface area contributed by atoms with Gasteiger partial charge in [-0.25, -0.2) is 0 Å². The molecule has 8 nitrogen and oxygen atoms in total. The van der Waals surface area contributed by atoms with Crippen molar-refractivity contribution in [3.05, 3.63) is 65.2 Å². The molecule has 220 valence electrons. The molecule has 3 N–H and O–H groups in total. The maximum atomic E-state index is 14.3. The number of carbonyl (C=O) groups is 3. The van der Waals surface area contributed by atoms with E-state index in [2.05, 4.69) is 17.6 Å². The highest BCUT2D eigenvalue weighted by Crippen LogP contribution is 2.65. The second kappa shape index (κ2) is 11.6. The van der Waals surface area contributed by atoms with Gasteiger partial charge in [0.2, 0.25) is 17.7 Å². The molecule has 0 radical (unpaired) electrons. The molecule has 8 heteroatoms. The van der Waals surface area contributed by atoms with Crippen molar-refractivity contribution in [1.82, 2.24) is 10.2 Å². The quantitative estimate of drug-likeness (QED) is 0.358. The van der Waals surface area contributed by atoms with E-state index in [1.807, 2.05) is 69.3 Å². The fourth-order valence-corrected chi connectivity index (χ4v) is 7.39. The lowest BCUT2D eigenvalue weighted by molar-refractivity contribution is -0.146. The maximum absolute atomic E-state index is 14.3. The Morgan fingerprint density at radius 1 is 1.05 bits per heavy atom. The van der Waals surface area contributed by atoms with Crippen LogP contribution in [0.5, 0.6) is 0 Å². The monoisotopic (exact) mass is 561 g/mol. The molecule has 3 saturated heterocycles. The van der Waals surface area contributed by atoms with Gasteiger partial charge in [-0.2, -0.15) is 0 Å². The minimum absolute atomic E-state index is 0.0143. The van der Waals surface area contributed by atoms with Crippen molar-refractivity contribution in [2.45, 2.75) is 83.6 Å². The van der Waals surface area contributed by atoms with E-state index in [1.165, 1.54) is 0 Å². The van der Waals surface area contributed by atoms with Gasteiger partial charge in [-0.3, -0.25) is 14.4 Å². The molecule has 3 aliphatic heterocycles. The summed E-state index contributed by atoms with van der Waals surface area (Å²) in [5.74, 6) is -2.10. The Bertz CT molecular complexity index is 1300. The molecule has 3 aliphatic rings. The third kappa shape index (κ3) is 5.17. The van der Waals surface area contributed by atoms with Crippen molar-refractivity contribution in [3.8, 4) is 0 Å². The Balaban J connectivity index is 1.46. The number of nitrogens with zero attached hydrogens (tertiary/aromatic N) is 1. The van der Waals surface area contributed by atoms with Crippen LogP contribution < -0.4 is 10.6 Å². The van der Waals surface area contributed by atoms with Crippen LogP contribution in [-0.2, 0) is 25.7 Å². The Hall–Kier alpha value is -3.23. The number of hydrogen-bond donors (Lipinski definition) is 3. The van der Waals surface area contributed by atoms with Gasteiger partial charge in [-0.1, -0.05) is 62.2 Å². The Labute approximate surface area is 242 Å². The van der Waals surface area contributed by atoms with Crippen LogP contribution in [0.4, 0.5) is 5.69 Å². The van der Waals surface area contributed by atoms with E-state index in [1.54, 1.807) is 4.90 Å². The van der Waals surface area contributed by atoms with Crippen LogP contribution in [0, 0.1) is 31.6 Å². The van der Waals surface area contributed by atoms with Crippen LogP contribution in [0.2, 0.25) is 0 Å². The number of anilines is 1. The van der Waals surface area contributed by atoms with Crippen LogP contribution in [0.15, 0.2) is 48.5 Å². The van der Waals surface area contributed by atoms with Crippen molar-refractivity contribution in [1.29, 1.82) is 0 Å². The van der Waals surface area contributed by atoms with Gasteiger partial charge in [-0.05, 0) is 68.7 Å². The number of nitrogens with one attached hydrogen (secondary N) is 2. The van der Waals surface area contributed by atoms with Crippen LogP contribution in [-0.4, -0.2) is 58.1 Å². The van der Waals surface area contributed by atoms with Crippen LogP contribution in [0.3, 0.4) is 0 Å². The lowest BCUT2D eigenvalue weighted by atomic mass is 9.62. The summed E-state index contributed by atoms with van der Waals surface area (Å²) in [6.07, 6.45) is 3.64. The van der Waals surface area contributed by atoms with E-state index in [0.717, 1.165) is 29.5 Å². The van der Waals surface area contributed by atoms with Gasteiger partial charge in [0.1, 0.15) is 11.6 Å². The number of hydrogen-bond acceptors (Lipinski definition) is 5. The Morgan fingerprint density at radius 2 is 1.78 bits per heavy atom. The van der Waals surface area contributed by atoms with E-state index >= 15 is 0 Å². The first-order chi connectivity index (χ1) is 19.6. The molecule has 41 heavy (non-hydrogen) atoms. The molecule has 3 unspecified atom stereocenters. The number of aryl methyl sites for hydroxylation is 2. The number of likely N-dealkylation sites (tertiary alicyclic amines) is 1. The fraction of sp³-hybridized carbons (Fsp3) is 0.545. The zero-order valence-electron chi connectivity index (χ0n) is 24.6. The molecule has 0 aliphatic carbocycles. The molecule has 5 rings (SSSR count). The number of fused-ring (bicyclic) bond motifs is 1. The van der Waals surface area contributed by atoms with Crippen molar-refractivity contribution in [2.75, 3.05) is 18.5 Å². The largest absolute Gasteiger partial charge is 0.396 e. The van der Waals surface area contributed by atoms with E-state index in [0.29, 0.717) is 38.0 Å². The number of amides is 3. The number of carbonyl (C=O) groups excluding carboxylic acids is 3. The average Bonchev–Trinajstić information content (AvgIpc) is 3.46. The molecule has 2 aromatic rings. The SMILES string of the molecule is Cc1ccc(C)c(NC(=O)C2N(CCCCCCO)C(=O)[C@@H]3[C@@H](C(=O)NCc4ccccc4)[C@]4(C)OC23CC4C)c1. The number of aliphatic hydroxyl groups excluding tert-OH is 1. The summed E-state index contributed by atoms with van der Waals surface area (Å²) in [5.41, 5.74) is 1.73. The van der Waals surface area contributed by atoms with Gasteiger partial charge < -0.3 is 25.4 Å². The van der Waals surface area contributed by atoms with Gasteiger partial charge in [0, 0.05) is 25.4 Å². The highest BCUT2D eigenvalue weighted by atomic mass is 16.5. The molecule has 0 aromatic heterocycles. The van der Waals surface area contributed by atoms with Crippen LogP contribution >= 0.6 is 0 Å². The summed E-state index contributed by atoms with van der Waals surface area (Å²) in [7, 11) is 0. The van der Waals surface area contributed by atoms with Crippen molar-refractivity contribution < 1.29 is 24.2 Å². The Kier molecular flexibility index (Phi) is 8.26. The average molecular weight is 562 g/mol. The standard InChI is InChI=1S/C33H43N3O5/c1-21-14-15-22(2)25(18-21)35-30(39)28-33-19-23(3)32(4,41-33)26(29(38)34-20-24-12-8-7-9-13-24)27(33)31(40)36(28)16-10-5-6-11-17-37/h7-9,12-15,18,23,26-28,37H,5-6,10-11,16-17,19-20H2,1-4H3,(H,34,38)(H,35,39)/t23?,26-,27-,28?,32+,33?/m0/s1. The molecule has 1 spiro atoms. The van der Waals surface area contributed by atoms with E-state index in [-0.39, 0.29) is 30.2 Å². The number of unbranched alkanes of at least 4 members (excludes halogenated alkanes) is 3. The summed E-state index contributed by atoms with van der Waals surface area (Å²) in [6, 6.07) is 14.8. The lowest BCUT2D eigenvalue weighted by Crippen LogP contribution is -2.54. The second-order valence-electron chi connectivity index (χ2n) is 12.4. The molecule has 6 atom stereocenters. The van der Waals surface area contributed by atoms with E-state index in [9.17, 15) is 19.5 Å². The van der Waals surface area contributed by atoms with E-state index in [4.69, 9.17) is 4.74 Å². The molecule has 3 heterocycles. The highest BCUT2D eigenvalue weighted by Gasteiger charge is 2.79. The minimum atomic E-state index is -1.08. The number of rotatable bonds is 11. The smallest absolute Gasteiger partial charge is 0.250 e. The van der Waals surface area contributed by atoms with E-state index < -0.39 is 29.1 Å². The summed E-state index contributed by atoms with van der Waals surface area (Å²) in [5, 5.41) is 15.4. The number of benzene rings is 2. The first-order valence-electron chi connectivity index (χ1n) is 14.9. The predicted octanol–water partition coefficient (Wildman–Crippen LogP) is 4.12. The van der Waals surface area contributed by atoms with Crippen LogP contribution in [0.1, 0.15) is 62.6 Å². The molecule has 3 amide bonds. The minimum Gasteiger partial charge on any atom is -0.396 e. The second-order valence-corrected chi connectivity index (χ2v) is 12.4. The van der Waals surface area contributed by atoms with Crippen molar-refractivity contribution >= 4 is 23.4 Å². The third-order valence-corrected chi connectivity index (χ3v) is 9.61. The molecule has 2 aromatic carbocycles. The normalized spacial score (nSPS) is 30.0. The van der Waals surface area contributed by atoms with Gasteiger partial charge in [0.25, 0.3) is 0 Å². The fourth-order valence-electron chi connectivity index (χ4n) is 7.39. The van der Waals surface area contributed by atoms with Crippen molar-refractivity contribution in [3.63, 3.8) is 0 Å². The van der Waals surface area contributed by atoms with Gasteiger partial charge in [0.15, 0.2) is 0 Å². The molecular weight excluding hydrogens is 518 g/mol. The molecule has 0 saturated carbocycles. The highest BCUT2D eigenvalue weighted by molar-refractivity contribution is 6.04. The van der Waals surface area contributed by atoms with Gasteiger partial charge >= 0.3 is 0 Å². The zero-order chi connectivity index (χ0) is 29.4. The van der Waals surface area contributed by atoms with Gasteiger partial charge in [0.05, 0.1) is 17.4 Å².